The molecular formula is C24H31BO3. The van der Waals surface area contributed by atoms with Crippen LogP contribution >= 0.6 is 0 Å². The van der Waals surface area contributed by atoms with Crippen molar-refractivity contribution in [1.82, 2.24) is 0 Å². The highest BCUT2D eigenvalue weighted by atomic mass is 16.7. The van der Waals surface area contributed by atoms with Crippen LogP contribution in [0.2, 0.25) is 6.32 Å². The molecule has 4 heteroatoms. The molecule has 0 N–H and O–H groups in total. The van der Waals surface area contributed by atoms with Crippen molar-refractivity contribution in [3.63, 3.8) is 0 Å². The summed E-state index contributed by atoms with van der Waals surface area (Å²) in [6.45, 7) is 10.6. The maximum Gasteiger partial charge on any atom is 0.458 e. The zero-order valence-electron chi connectivity index (χ0n) is 17.9. The summed E-state index contributed by atoms with van der Waals surface area (Å²) in [5.41, 5.74) is 3.06. The Morgan fingerprint density at radius 3 is 2.07 bits per heavy atom. The van der Waals surface area contributed by atoms with Crippen LogP contribution in [0.4, 0.5) is 0 Å². The number of hydrogen-bond donors (Lipinski definition) is 0. The first-order valence-electron chi connectivity index (χ1n) is 9.95. The summed E-state index contributed by atoms with van der Waals surface area (Å²) in [5, 5.41) is 0. The lowest BCUT2D eigenvalue weighted by molar-refractivity contribution is 0.00578. The van der Waals surface area contributed by atoms with Gasteiger partial charge in [-0.05, 0) is 69.8 Å². The average Bonchev–Trinajstić information content (AvgIpc) is 2.88. The molecule has 0 spiro atoms. The Bertz CT molecular complexity index is 794. The molecule has 1 saturated heterocycles. The van der Waals surface area contributed by atoms with E-state index in [1.807, 2.05) is 12.1 Å². The third-order valence-corrected chi connectivity index (χ3v) is 5.97. The summed E-state index contributed by atoms with van der Waals surface area (Å²) < 4.78 is 17.8. The summed E-state index contributed by atoms with van der Waals surface area (Å²) in [4.78, 5) is 0. The molecule has 2 aromatic rings. The standard InChI is InChI=1S/C24H31BO3/c1-18(19-12-14-22(26-6)15-13-19)16-21(20-10-8-7-9-11-20)17-25-27-23(2,3)24(4,5)28-25/h7-16,21H,17H2,1-6H3/b18-16+. The topological polar surface area (TPSA) is 27.7 Å². The van der Waals surface area contributed by atoms with Crippen LogP contribution in [0.1, 0.15) is 51.7 Å². The molecule has 0 radical (unpaired) electrons. The quantitative estimate of drug-likeness (QED) is 0.579. The van der Waals surface area contributed by atoms with E-state index in [2.05, 4.69) is 83.2 Å². The molecule has 3 rings (SSSR count). The van der Waals surface area contributed by atoms with Crippen molar-refractivity contribution in [3.8, 4) is 5.75 Å². The highest BCUT2D eigenvalue weighted by Gasteiger charge is 2.51. The van der Waals surface area contributed by atoms with E-state index in [0.717, 1.165) is 12.1 Å². The molecule has 0 bridgehead atoms. The van der Waals surface area contributed by atoms with Gasteiger partial charge in [0.15, 0.2) is 0 Å². The van der Waals surface area contributed by atoms with Crippen LogP contribution in [0.15, 0.2) is 60.7 Å². The predicted molar refractivity (Wildman–Crippen MR) is 117 cm³/mol. The molecule has 1 unspecified atom stereocenters. The lowest BCUT2D eigenvalue weighted by Crippen LogP contribution is -2.41. The van der Waals surface area contributed by atoms with E-state index >= 15 is 0 Å². The maximum atomic E-state index is 6.27. The molecule has 0 aliphatic carbocycles. The normalized spacial score (nSPS) is 19.5. The van der Waals surface area contributed by atoms with Gasteiger partial charge in [-0.15, -0.1) is 0 Å². The van der Waals surface area contributed by atoms with Crippen molar-refractivity contribution in [1.29, 1.82) is 0 Å². The zero-order valence-corrected chi connectivity index (χ0v) is 17.9. The van der Waals surface area contributed by atoms with Gasteiger partial charge in [-0.1, -0.05) is 48.5 Å². The summed E-state index contributed by atoms with van der Waals surface area (Å²) in [6, 6.07) is 18.8. The summed E-state index contributed by atoms with van der Waals surface area (Å²) in [7, 11) is 1.46. The molecule has 1 aliphatic rings. The smallest absolute Gasteiger partial charge is 0.458 e. The Morgan fingerprint density at radius 2 is 1.54 bits per heavy atom. The number of ether oxygens (including phenoxy) is 1. The van der Waals surface area contributed by atoms with Gasteiger partial charge in [-0.25, -0.2) is 0 Å². The predicted octanol–water partition coefficient (Wildman–Crippen LogP) is 5.97. The van der Waals surface area contributed by atoms with Gasteiger partial charge in [-0.2, -0.15) is 0 Å². The summed E-state index contributed by atoms with van der Waals surface area (Å²) >= 11 is 0. The van der Waals surface area contributed by atoms with E-state index in [0.29, 0.717) is 0 Å². The molecule has 28 heavy (non-hydrogen) atoms. The number of methoxy groups -OCH3 is 1. The second-order valence-electron chi connectivity index (χ2n) is 8.52. The van der Waals surface area contributed by atoms with Crippen molar-refractivity contribution in [2.75, 3.05) is 7.11 Å². The summed E-state index contributed by atoms with van der Waals surface area (Å²) in [5.74, 6) is 1.08. The minimum absolute atomic E-state index is 0.206. The van der Waals surface area contributed by atoms with E-state index in [4.69, 9.17) is 14.0 Å². The minimum atomic E-state index is -0.312. The second kappa shape index (κ2) is 8.14. The van der Waals surface area contributed by atoms with Crippen molar-refractivity contribution in [2.45, 2.75) is 58.1 Å². The van der Waals surface area contributed by atoms with Gasteiger partial charge in [0.2, 0.25) is 0 Å². The van der Waals surface area contributed by atoms with Gasteiger partial charge >= 0.3 is 7.12 Å². The molecule has 3 nitrogen and oxygen atoms in total. The molecule has 0 aromatic heterocycles. The van der Waals surface area contributed by atoms with Crippen LogP contribution in [-0.4, -0.2) is 25.4 Å². The summed E-state index contributed by atoms with van der Waals surface area (Å²) in [6.07, 6.45) is 3.10. The van der Waals surface area contributed by atoms with Crippen molar-refractivity contribution >= 4 is 12.7 Å². The number of allylic oxidation sites excluding steroid dienone is 2. The highest BCUT2D eigenvalue weighted by Crippen LogP contribution is 2.40. The lowest BCUT2D eigenvalue weighted by atomic mass is 9.74. The van der Waals surface area contributed by atoms with Crippen molar-refractivity contribution in [2.24, 2.45) is 0 Å². The molecule has 1 heterocycles. The van der Waals surface area contributed by atoms with E-state index < -0.39 is 0 Å². The third kappa shape index (κ3) is 4.51. The van der Waals surface area contributed by atoms with Crippen LogP contribution in [0, 0.1) is 0 Å². The van der Waals surface area contributed by atoms with Gasteiger partial charge in [0, 0.05) is 5.92 Å². The second-order valence-corrected chi connectivity index (χ2v) is 8.52. The van der Waals surface area contributed by atoms with E-state index in [9.17, 15) is 0 Å². The van der Waals surface area contributed by atoms with Crippen LogP contribution in [0.25, 0.3) is 5.57 Å². The number of benzene rings is 2. The number of hydrogen-bond acceptors (Lipinski definition) is 3. The highest BCUT2D eigenvalue weighted by molar-refractivity contribution is 6.45. The first-order valence-corrected chi connectivity index (χ1v) is 9.95. The lowest BCUT2D eigenvalue weighted by Gasteiger charge is -2.32. The molecule has 2 aromatic carbocycles. The Hall–Kier alpha value is -2.04. The molecule has 0 amide bonds. The fourth-order valence-electron chi connectivity index (χ4n) is 3.52. The van der Waals surface area contributed by atoms with Crippen LogP contribution < -0.4 is 4.74 Å². The fraction of sp³-hybridized carbons (Fsp3) is 0.417. The molecule has 1 aliphatic heterocycles. The zero-order chi connectivity index (χ0) is 20.4. The number of rotatable bonds is 6. The molecule has 0 saturated carbocycles. The van der Waals surface area contributed by atoms with Gasteiger partial charge in [0.1, 0.15) is 5.75 Å². The van der Waals surface area contributed by atoms with Gasteiger partial charge in [0.05, 0.1) is 18.3 Å². The Labute approximate surface area is 169 Å². The SMILES string of the molecule is COc1ccc(/C(C)=C/C(CB2OC(C)(C)C(C)(C)O2)c2ccccc2)cc1. The van der Waals surface area contributed by atoms with Crippen LogP contribution in [0.3, 0.4) is 0 Å². The molecule has 1 fully saturated rings. The van der Waals surface area contributed by atoms with E-state index in [1.165, 1.54) is 16.7 Å². The van der Waals surface area contributed by atoms with E-state index in [1.54, 1.807) is 7.11 Å². The van der Waals surface area contributed by atoms with Crippen molar-refractivity contribution < 1.29 is 14.0 Å². The minimum Gasteiger partial charge on any atom is -0.497 e. The first kappa shape index (κ1) is 20.7. The first-order chi connectivity index (χ1) is 13.2. The van der Waals surface area contributed by atoms with Crippen LogP contribution in [-0.2, 0) is 9.31 Å². The Morgan fingerprint density at radius 1 is 0.964 bits per heavy atom. The maximum absolute atomic E-state index is 6.27. The average molecular weight is 378 g/mol. The third-order valence-electron chi connectivity index (χ3n) is 5.97. The monoisotopic (exact) mass is 378 g/mol. The largest absolute Gasteiger partial charge is 0.497 e. The van der Waals surface area contributed by atoms with Gasteiger partial charge in [-0.3, -0.25) is 0 Å². The van der Waals surface area contributed by atoms with E-state index in [-0.39, 0.29) is 24.2 Å². The molecule has 1 atom stereocenters. The molecule has 148 valence electrons. The van der Waals surface area contributed by atoms with Gasteiger partial charge < -0.3 is 14.0 Å². The van der Waals surface area contributed by atoms with Gasteiger partial charge in [0.25, 0.3) is 0 Å². The Balaban J connectivity index is 1.85. The Kier molecular flexibility index (Phi) is 6.02. The fourth-order valence-corrected chi connectivity index (χ4v) is 3.52. The van der Waals surface area contributed by atoms with Crippen molar-refractivity contribution in [3.05, 3.63) is 71.8 Å². The molecular weight excluding hydrogens is 347 g/mol. The van der Waals surface area contributed by atoms with Crippen LogP contribution in [0.5, 0.6) is 5.75 Å².